The molecule has 5 rings (SSSR count). The summed E-state index contributed by atoms with van der Waals surface area (Å²) in [6.07, 6.45) is 4.65. The van der Waals surface area contributed by atoms with Crippen LogP contribution in [-0.4, -0.2) is 15.2 Å². The second-order valence-electron chi connectivity index (χ2n) is 7.26. The molecule has 0 bridgehead atoms. The topological polar surface area (TPSA) is 53.6 Å². The number of pyridine rings is 1. The Kier molecular flexibility index (Phi) is 3.89. The maximum absolute atomic E-state index is 5.03. The first-order valence-corrected chi connectivity index (χ1v) is 9.58. The van der Waals surface area contributed by atoms with E-state index in [0.717, 1.165) is 41.1 Å². The van der Waals surface area contributed by atoms with Gasteiger partial charge in [-0.15, -0.1) is 0 Å². The number of H-pyrrole nitrogens is 1. The Morgan fingerprint density at radius 3 is 2.67 bits per heavy atom. The molecule has 0 unspecified atom stereocenters. The molecule has 0 spiro atoms. The molecular formula is C23H22N4. The number of para-hydroxylation sites is 1. The van der Waals surface area contributed by atoms with Crippen LogP contribution >= 0.6 is 0 Å². The molecule has 1 aliphatic rings. The van der Waals surface area contributed by atoms with Gasteiger partial charge in [0.15, 0.2) is 5.82 Å². The van der Waals surface area contributed by atoms with Crippen molar-refractivity contribution >= 4 is 22.5 Å². The predicted octanol–water partition coefficient (Wildman–Crippen LogP) is 5.56. The number of aryl methyl sites for hydroxylation is 2. The van der Waals surface area contributed by atoms with Gasteiger partial charge >= 0.3 is 0 Å². The van der Waals surface area contributed by atoms with E-state index in [4.69, 9.17) is 4.98 Å². The first-order valence-electron chi connectivity index (χ1n) is 9.58. The molecule has 4 heteroatoms. The van der Waals surface area contributed by atoms with Gasteiger partial charge in [-0.3, -0.25) is 5.10 Å². The lowest BCUT2D eigenvalue weighted by molar-refractivity contribution is 0.684. The van der Waals surface area contributed by atoms with Crippen LogP contribution in [0.3, 0.4) is 0 Å². The first-order chi connectivity index (χ1) is 13.3. The SMILES string of the molecule is Cc1ccccc1-c1cc2c(c(Nc3n[nH]c4ccccc34)n1)CCCC2. The molecule has 4 nitrogen and oxygen atoms in total. The van der Waals surface area contributed by atoms with E-state index in [-0.39, 0.29) is 0 Å². The summed E-state index contributed by atoms with van der Waals surface area (Å²) in [5.41, 5.74) is 7.26. The van der Waals surface area contributed by atoms with Crippen LogP contribution in [0.15, 0.2) is 54.6 Å². The minimum atomic E-state index is 0.841. The van der Waals surface area contributed by atoms with Crippen LogP contribution in [0.25, 0.3) is 22.2 Å². The fraction of sp³-hybridized carbons (Fsp3) is 0.217. The molecule has 2 N–H and O–H groups in total. The zero-order valence-electron chi connectivity index (χ0n) is 15.4. The molecular weight excluding hydrogens is 332 g/mol. The van der Waals surface area contributed by atoms with Crippen LogP contribution in [0.1, 0.15) is 29.5 Å². The molecule has 0 saturated carbocycles. The van der Waals surface area contributed by atoms with Gasteiger partial charge in [0.25, 0.3) is 0 Å². The molecule has 0 amide bonds. The van der Waals surface area contributed by atoms with E-state index < -0.39 is 0 Å². The Bertz CT molecular complexity index is 1130. The van der Waals surface area contributed by atoms with Gasteiger partial charge in [-0.05, 0) is 67.5 Å². The molecule has 0 radical (unpaired) electrons. The molecule has 0 aliphatic heterocycles. The second kappa shape index (κ2) is 6.54. The first kappa shape index (κ1) is 16.1. The standard InChI is InChI=1S/C23H22N4/c1-15-8-2-4-10-17(15)21-14-16-9-3-5-11-18(16)22(24-21)25-23-19-12-6-7-13-20(19)26-27-23/h2,4,6-8,10,12-14H,3,5,9,11H2,1H3,(H2,24,25,26,27). The van der Waals surface area contributed by atoms with E-state index in [1.54, 1.807) is 0 Å². The maximum atomic E-state index is 5.03. The highest BCUT2D eigenvalue weighted by atomic mass is 15.2. The summed E-state index contributed by atoms with van der Waals surface area (Å²) in [7, 11) is 0. The van der Waals surface area contributed by atoms with Gasteiger partial charge in [0.2, 0.25) is 0 Å². The van der Waals surface area contributed by atoms with Gasteiger partial charge in [-0.2, -0.15) is 5.10 Å². The minimum absolute atomic E-state index is 0.841. The second-order valence-corrected chi connectivity index (χ2v) is 7.26. The van der Waals surface area contributed by atoms with E-state index in [0.29, 0.717) is 0 Å². The summed E-state index contributed by atoms with van der Waals surface area (Å²) in [4.78, 5) is 5.03. The van der Waals surface area contributed by atoms with Crippen molar-refractivity contribution in [3.63, 3.8) is 0 Å². The van der Waals surface area contributed by atoms with Crippen molar-refractivity contribution in [2.45, 2.75) is 32.6 Å². The molecule has 4 aromatic rings. The van der Waals surface area contributed by atoms with E-state index >= 15 is 0 Å². The van der Waals surface area contributed by atoms with Gasteiger partial charge in [-0.25, -0.2) is 4.98 Å². The number of anilines is 2. The predicted molar refractivity (Wildman–Crippen MR) is 110 cm³/mol. The number of fused-ring (bicyclic) bond motifs is 2. The largest absolute Gasteiger partial charge is 0.323 e. The third kappa shape index (κ3) is 2.87. The average molecular weight is 354 g/mol. The van der Waals surface area contributed by atoms with E-state index in [2.05, 4.69) is 58.8 Å². The molecule has 2 aromatic carbocycles. The van der Waals surface area contributed by atoms with Gasteiger partial charge in [0, 0.05) is 10.9 Å². The van der Waals surface area contributed by atoms with Crippen molar-refractivity contribution in [1.29, 1.82) is 0 Å². The molecule has 1 aliphatic carbocycles. The Hall–Kier alpha value is -3.14. The van der Waals surface area contributed by atoms with Crippen LogP contribution in [-0.2, 0) is 12.8 Å². The molecule has 2 aromatic heterocycles. The smallest absolute Gasteiger partial charge is 0.161 e. The van der Waals surface area contributed by atoms with Crippen molar-refractivity contribution < 1.29 is 0 Å². The van der Waals surface area contributed by atoms with Gasteiger partial charge in [-0.1, -0.05) is 36.4 Å². The normalized spacial score (nSPS) is 13.5. The molecule has 2 heterocycles. The highest BCUT2D eigenvalue weighted by Gasteiger charge is 2.19. The van der Waals surface area contributed by atoms with Gasteiger partial charge in [0.1, 0.15) is 5.82 Å². The highest BCUT2D eigenvalue weighted by Crippen LogP contribution is 2.34. The molecule has 0 saturated heterocycles. The number of benzene rings is 2. The minimum Gasteiger partial charge on any atom is -0.323 e. The maximum Gasteiger partial charge on any atom is 0.161 e. The lowest BCUT2D eigenvalue weighted by Gasteiger charge is -2.21. The van der Waals surface area contributed by atoms with E-state index in [1.807, 2.05) is 18.2 Å². The summed E-state index contributed by atoms with van der Waals surface area (Å²) < 4.78 is 0. The third-order valence-corrected chi connectivity index (χ3v) is 5.47. The van der Waals surface area contributed by atoms with Crippen LogP contribution in [0.5, 0.6) is 0 Å². The van der Waals surface area contributed by atoms with E-state index in [1.165, 1.54) is 35.1 Å². The number of nitrogens with one attached hydrogen (secondary N) is 2. The lowest BCUT2D eigenvalue weighted by atomic mass is 9.90. The summed E-state index contributed by atoms with van der Waals surface area (Å²) >= 11 is 0. The summed E-state index contributed by atoms with van der Waals surface area (Å²) in [5, 5.41) is 12.2. The van der Waals surface area contributed by atoms with Crippen molar-refractivity contribution in [1.82, 2.24) is 15.2 Å². The number of rotatable bonds is 3. The van der Waals surface area contributed by atoms with Crippen molar-refractivity contribution in [3.05, 3.63) is 71.3 Å². The Labute approximate surface area is 158 Å². The molecule has 134 valence electrons. The van der Waals surface area contributed by atoms with Crippen LogP contribution < -0.4 is 5.32 Å². The van der Waals surface area contributed by atoms with Crippen LogP contribution in [0, 0.1) is 6.92 Å². The Morgan fingerprint density at radius 1 is 0.926 bits per heavy atom. The lowest BCUT2D eigenvalue weighted by Crippen LogP contribution is -2.09. The number of hydrogen-bond acceptors (Lipinski definition) is 3. The van der Waals surface area contributed by atoms with Crippen molar-refractivity contribution in [2.75, 3.05) is 5.32 Å². The number of aromatic nitrogens is 3. The Balaban J connectivity index is 1.64. The number of hydrogen-bond donors (Lipinski definition) is 2. The Morgan fingerprint density at radius 2 is 1.74 bits per heavy atom. The third-order valence-electron chi connectivity index (χ3n) is 5.47. The molecule has 0 atom stereocenters. The zero-order valence-corrected chi connectivity index (χ0v) is 15.4. The van der Waals surface area contributed by atoms with Crippen molar-refractivity contribution in [2.24, 2.45) is 0 Å². The van der Waals surface area contributed by atoms with E-state index in [9.17, 15) is 0 Å². The summed E-state index contributed by atoms with van der Waals surface area (Å²) in [6.45, 7) is 2.14. The monoisotopic (exact) mass is 354 g/mol. The highest BCUT2D eigenvalue weighted by molar-refractivity contribution is 5.91. The van der Waals surface area contributed by atoms with Gasteiger partial charge in [0.05, 0.1) is 11.2 Å². The van der Waals surface area contributed by atoms with Crippen LogP contribution in [0.2, 0.25) is 0 Å². The van der Waals surface area contributed by atoms with Crippen molar-refractivity contribution in [3.8, 4) is 11.3 Å². The zero-order chi connectivity index (χ0) is 18.2. The molecule has 27 heavy (non-hydrogen) atoms. The van der Waals surface area contributed by atoms with Crippen LogP contribution in [0.4, 0.5) is 11.6 Å². The summed E-state index contributed by atoms with van der Waals surface area (Å²) in [6, 6.07) is 18.9. The average Bonchev–Trinajstić information content (AvgIpc) is 3.11. The fourth-order valence-electron chi connectivity index (χ4n) is 4.02. The fourth-order valence-corrected chi connectivity index (χ4v) is 4.02. The quantitative estimate of drug-likeness (QED) is 0.507. The number of aromatic amines is 1. The van der Waals surface area contributed by atoms with Gasteiger partial charge < -0.3 is 5.32 Å². The number of nitrogens with zero attached hydrogens (tertiary/aromatic N) is 2. The summed E-state index contributed by atoms with van der Waals surface area (Å²) in [5.74, 6) is 1.79. The molecule has 0 fully saturated rings.